The van der Waals surface area contributed by atoms with Crippen LogP contribution in [0.15, 0.2) is 24.9 Å². The summed E-state index contributed by atoms with van der Waals surface area (Å²) in [6.07, 6.45) is 7.41. The molecule has 1 amide bonds. The van der Waals surface area contributed by atoms with Crippen LogP contribution in [0.2, 0.25) is 0 Å². The summed E-state index contributed by atoms with van der Waals surface area (Å²) in [7, 11) is 0. The van der Waals surface area contributed by atoms with Gasteiger partial charge in [-0.1, -0.05) is 0 Å². The lowest BCUT2D eigenvalue weighted by atomic mass is 10.3. The van der Waals surface area contributed by atoms with Crippen molar-refractivity contribution in [3.05, 3.63) is 36.4 Å². The van der Waals surface area contributed by atoms with E-state index in [1.807, 2.05) is 0 Å². The molecule has 2 heterocycles. The third kappa shape index (κ3) is 3.17. The standard InChI is InChI=1S/C11H16N6O/c12-2-6-17-7-9(16-8-17)11(18)15-3-1-10-13-4-5-14-10/h4-5,7-8H,1-3,6,12H2,(H,13,14)(H,15,18). The highest BCUT2D eigenvalue weighted by molar-refractivity contribution is 5.91. The van der Waals surface area contributed by atoms with Crippen LogP contribution in [0.3, 0.4) is 0 Å². The molecule has 0 spiro atoms. The lowest BCUT2D eigenvalue weighted by molar-refractivity contribution is 0.0949. The number of carbonyl (C=O) groups excluding carboxylic acids is 1. The Kier molecular flexibility index (Phi) is 4.08. The zero-order valence-corrected chi connectivity index (χ0v) is 9.97. The third-order valence-corrected chi connectivity index (χ3v) is 2.46. The normalized spacial score (nSPS) is 10.5. The summed E-state index contributed by atoms with van der Waals surface area (Å²) in [6.45, 7) is 1.71. The number of nitrogens with one attached hydrogen (secondary N) is 2. The smallest absolute Gasteiger partial charge is 0.271 e. The van der Waals surface area contributed by atoms with Crippen LogP contribution in [0.5, 0.6) is 0 Å². The Morgan fingerprint density at radius 2 is 2.39 bits per heavy atom. The molecule has 7 nitrogen and oxygen atoms in total. The second-order valence-corrected chi connectivity index (χ2v) is 3.83. The Hall–Kier alpha value is -2.15. The van der Waals surface area contributed by atoms with Crippen LogP contribution in [0.1, 0.15) is 16.3 Å². The highest BCUT2D eigenvalue weighted by Gasteiger charge is 2.08. The van der Waals surface area contributed by atoms with Crippen molar-refractivity contribution in [3.8, 4) is 0 Å². The molecule has 96 valence electrons. The molecule has 0 aromatic carbocycles. The second-order valence-electron chi connectivity index (χ2n) is 3.83. The number of nitrogens with two attached hydrogens (primary N) is 1. The Morgan fingerprint density at radius 3 is 3.11 bits per heavy atom. The van der Waals surface area contributed by atoms with Crippen LogP contribution in [0.25, 0.3) is 0 Å². The fourth-order valence-electron chi connectivity index (χ4n) is 1.57. The van der Waals surface area contributed by atoms with Crippen molar-refractivity contribution >= 4 is 5.91 Å². The predicted octanol–water partition coefficient (Wildman–Crippen LogP) is -0.463. The van der Waals surface area contributed by atoms with Gasteiger partial charge in [0, 0.05) is 44.6 Å². The van der Waals surface area contributed by atoms with Crippen LogP contribution in [0.4, 0.5) is 0 Å². The van der Waals surface area contributed by atoms with Crippen molar-refractivity contribution in [1.29, 1.82) is 0 Å². The van der Waals surface area contributed by atoms with Gasteiger partial charge in [-0.05, 0) is 0 Å². The molecule has 2 aromatic heterocycles. The Bertz CT molecular complexity index is 489. The minimum absolute atomic E-state index is 0.183. The highest BCUT2D eigenvalue weighted by atomic mass is 16.1. The number of rotatable bonds is 6. The van der Waals surface area contributed by atoms with E-state index < -0.39 is 0 Å². The number of aromatic amines is 1. The first-order valence-corrected chi connectivity index (χ1v) is 5.78. The topological polar surface area (TPSA) is 102 Å². The van der Waals surface area contributed by atoms with Crippen LogP contribution in [-0.4, -0.2) is 38.5 Å². The van der Waals surface area contributed by atoms with E-state index in [-0.39, 0.29) is 5.91 Å². The summed E-state index contributed by atoms with van der Waals surface area (Å²) < 4.78 is 1.79. The van der Waals surface area contributed by atoms with Gasteiger partial charge in [0.05, 0.1) is 6.33 Å². The molecule has 2 aromatic rings. The van der Waals surface area contributed by atoms with Crippen molar-refractivity contribution in [2.45, 2.75) is 13.0 Å². The molecule has 0 atom stereocenters. The number of nitrogens with zero attached hydrogens (tertiary/aromatic N) is 3. The van der Waals surface area contributed by atoms with Crippen LogP contribution in [0, 0.1) is 0 Å². The number of carbonyl (C=O) groups is 1. The summed E-state index contributed by atoms with van der Waals surface area (Å²) in [5.74, 6) is 0.668. The average molecular weight is 248 g/mol. The van der Waals surface area contributed by atoms with Gasteiger partial charge in [0.15, 0.2) is 0 Å². The molecular formula is C11H16N6O. The van der Waals surface area contributed by atoms with E-state index >= 15 is 0 Å². The first kappa shape index (κ1) is 12.3. The number of imidazole rings is 2. The molecular weight excluding hydrogens is 232 g/mol. The molecule has 0 fully saturated rings. The van der Waals surface area contributed by atoms with Crippen LogP contribution >= 0.6 is 0 Å². The lowest BCUT2D eigenvalue weighted by Gasteiger charge is -2.01. The predicted molar refractivity (Wildman–Crippen MR) is 65.9 cm³/mol. The average Bonchev–Trinajstić information content (AvgIpc) is 3.00. The highest BCUT2D eigenvalue weighted by Crippen LogP contribution is 1.96. The number of hydrogen-bond acceptors (Lipinski definition) is 4. The first-order valence-electron chi connectivity index (χ1n) is 5.78. The molecule has 7 heteroatoms. The summed E-state index contributed by atoms with van der Waals surface area (Å²) in [4.78, 5) is 22.8. The van der Waals surface area contributed by atoms with Gasteiger partial charge in [-0.3, -0.25) is 4.79 Å². The molecule has 4 N–H and O–H groups in total. The van der Waals surface area contributed by atoms with Crippen molar-refractivity contribution in [3.63, 3.8) is 0 Å². The van der Waals surface area contributed by atoms with Crippen LogP contribution < -0.4 is 11.1 Å². The van der Waals surface area contributed by atoms with Gasteiger partial charge in [-0.15, -0.1) is 0 Å². The number of H-pyrrole nitrogens is 1. The molecule has 0 radical (unpaired) electrons. The van der Waals surface area contributed by atoms with Crippen LogP contribution in [-0.2, 0) is 13.0 Å². The van der Waals surface area contributed by atoms with Gasteiger partial charge in [0.25, 0.3) is 5.91 Å². The van der Waals surface area contributed by atoms with Crippen molar-refractivity contribution < 1.29 is 4.79 Å². The molecule has 0 unspecified atom stereocenters. The van der Waals surface area contributed by atoms with Gasteiger partial charge in [-0.25, -0.2) is 9.97 Å². The Labute approximate surface area is 104 Å². The maximum absolute atomic E-state index is 11.7. The van der Waals surface area contributed by atoms with E-state index in [9.17, 15) is 4.79 Å². The quantitative estimate of drug-likeness (QED) is 0.643. The van der Waals surface area contributed by atoms with E-state index in [0.717, 1.165) is 5.82 Å². The SMILES string of the molecule is NCCn1cnc(C(=O)NCCc2ncc[nH]2)c1. The molecule has 18 heavy (non-hydrogen) atoms. The molecule has 2 rings (SSSR count). The molecule has 0 saturated heterocycles. The molecule has 0 aliphatic heterocycles. The fourth-order valence-corrected chi connectivity index (χ4v) is 1.57. The van der Waals surface area contributed by atoms with E-state index in [2.05, 4.69) is 20.3 Å². The van der Waals surface area contributed by atoms with Crippen molar-refractivity contribution in [2.75, 3.05) is 13.1 Å². The van der Waals surface area contributed by atoms with Gasteiger partial charge >= 0.3 is 0 Å². The summed E-state index contributed by atoms with van der Waals surface area (Å²) in [5, 5.41) is 2.79. The van der Waals surface area contributed by atoms with E-state index in [0.29, 0.717) is 31.7 Å². The Morgan fingerprint density at radius 1 is 1.50 bits per heavy atom. The van der Waals surface area contributed by atoms with E-state index in [1.165, 1.54) is 0 Å². The van der Waals surface area contributed by atoms with Gasteiger partial charge in [-0.2, -0.15) is 0 Å². The van der Waals surface area contributed by atoms with Crippen molar-refractivity contribution in [2.24, 2.45) is 5.73 Å². The first-order chi connectivity index (χ1) is 8.79. The number of hydrogen-bond donors (Lipinski definition) is 3. The van der Waals surface area contributed by atoms with E-state index in [1.54, 1.807) is 29.5 Å². The maximum atomic E-state index is 11.7. The lowest BCUT2D eigenvalue weighted by Crippen LogP contribution is -2.26. The Balaban J connectivity index is 1.80. The van der Waals surface area contributed by atoms with Gasteiger partial charge in [0.2, 0.25) is 0 Å². The summed E-state index contributed by atoms with van der Waals surface area (Å²) in [5.41, 5.74) is 5.83. The monoisotopic (exact) mass is 248 g/mol. The molecule has 0 bridgehead atoms. The minimum Gasteiger partial charge on any atom is -0.350 e. The molecule has 0 saturated carbocycles. The summed E-state index contributed by atoms with van der Waals surface area (Å²) in [6, 6.07) is 0. The third-order valence-electron chi connectivity index (χ3n) is 2.46. The maximum Gasteiger partial charge on any atom is 0.271 e. The number of aromatic nitrogens is 4. The largest absolute Gasteiger partial charge is 0.350 e. The molecule has 0 aliphatic rings. The van der Waals surface area contributed by atoms with Gasteiger partial charge < -0.3 is 20.6 Å². The molecule has 0 aliphatic carbocycles. The minimum atomic E-state index is -0.183. The van der Waals surface area contributed by atoms with E-state index in [4.69, 9.17) is 5.73 Å². The number of amides is 1. The summed E-state index contributed by atoms with van der Waals surface area (Å²) >= 11 is 0. The fraction of sp³-hybridized carbons (Fsp3) is 0.364. The second kappa shape index (κ2) is 5.97. The van der Waals surface area contributed by atoms with Crippen molar-refractivity contribution in [1.82, 2.24) is 24.8 Å². The zero-order valence-electron chi connectivity index (χ0n) is 9.97. The van der Waals surface area contributed by atoms with Gasteiger partial charge in [0.1, 0.15) is 11.5 Å². The zero-order chi connectivity index (χ0) is 12.8.